The van der Waals surface area contributed by atoms with Gasteiger partial charge < -0.3 is 5.32 Å². The highest BCUT2D eigenvalue weighted by Crippen LogP contribution is 2.07. The first-order valence-electron chi connectivity index (χ1n) is 2.94. The largest absolute Gasteiger partial charge is 0.333 e. The van der Waals surface area contributed by atoms with Crippen LogP contribution in [0.5, 0.6) is 0 Å². The van der Waals surface area contributed by atoms with E-state index in [0.717, 1.165) is 0 Å². The average Bonchev–Trinajstić information content (AvgIpc) is 2.36. The molecule has 0 fully saturated rings. The molecular formula is C6H5N3O. The van der Waals surface area contributed by atoms with Crippen molar-refractivity contribution in [3.05, 3.63) is 11.8 Å². The van der Waals surface area contributed by atoms with Gasteiger partial charge in [0.25, 0.3) is 5.91 Å². The first kappa shape index (κ1) is 5.34. The highest BCUT2D eigenvalue weighted by molar-refractivity contribution is 6.47. The van der Waals surface area contributed by atoms with E-state index < -0.39 is 0 Å². The third-order valence-corrected chi connectivity index (χ3v) is 1.41. The van der Waals surface area contributed by atoms with E-state index in [1.54, 1.807) is 6.21 Å². The number of hydrogen-bond donors (Lipinski definition) is 1. The molecule has 10 heavy (non-hydrogen) atoms. The Kier molecular flexibility index (Phi) is 0.943. The normalized spacial score (nSPS) is 21.4. The quantitative estimate of drug-likeness (QED) is 0.477. The van der Waals surface area contributed by atoms with Crippen molar-refractivity contribution in [2.75, 3.05) is 6.67 Å². The van der Waals surface area contributed by atoms with Crippen LogP contribution in [0.4, 0.5) is 0 Å². The molecule has 0 unspecified atom stereocenters. The van der Waals surface area contributed by atoms with E-state index in [0.29, 0.717) is 18.0 Å². The molecule has 0 radical (unpaired) electrons. The molecule has 4 heteroatoms. The van der Waals surface area contributed by atoms with Crippen LogP contribution in [0.15, 0.2) is 21.8 Å². The van der Waals surface area contributed by atoms with E-state index in [2.05, 4.69) is 15.3 Å². The van der Waals surface area contributed by atoms with Crippen molar-refractivity contribution in [2.24, 2.45) is 9.98 Å². The van der Waals surface area contributed by atoms with Crippen molar-refractivity contribution >= 4 is 17.8 Å². The minimum absolute atomic E-state index is 0.0810. The number of nitrogens with one attached hydrogen (secondary N) is 1. The molecule has 0 aromatic heterocycles. The van der Waals surface area contributed by atoms with Crippen LogP contribution in [0, 0.1) is 0 Å². The molecule has 0 aromatic rings. The van der Waals surface area contributed by atoms with Crippen molar-refractivity contribution in [1.82, 2.24) is 5.32 Å². The molecule has 0 bridgehead atoms. The standard InChI is InChI=1S/C6H5N3O/c10-6-4-1-7-2-5(4)8-3-9-6/h1-2H,3H2,(H,9,10). The maximum absolute atomic E-state index is 10.9. The summed E-state index contributed by atoms with van der Waals surface area (Å²) in [5.41, 5.74) is 1.27. The number of carbonyl (C=O) groups is 1. The van der Waals surface area contributed by atoms with Crippen LogP contribution in [0.2, 0.25) is 0 Å². The predicted octanol–water partition coefficient (Wildman–Crippen LogP) is -0.517. The van der Waals surface area contributed by atoms with Gasteiger partial charge in [-0.15, -0.1) is 0 Å². The van der Waals surface area contributed by atoms with Gasteiger partial charge in [0, 0.05) is 6.20 Å². The third kappa shape index (κ3) is 0.586. The molecule has 0 saturated carbocycles. The summed E-state index contributed by atoms with van der Waals surface area (Å²) in [5.74, 6) is -0.0810. The first-order chi connectivity index (χ1) is 4.88. The van der Waals surface area contributed by atoms with Gasteiger partial charge in [-0.1, -0.05) is 0 Å². The van der Waals surface area contributed by atoms with Crippen LogP contribution < -0.4 is 5.32 Å². The maximum Gasteiger partial charge on any atom is 0.256 e. The number of fused-ring (bicyclic) bond motifs is 1. The van der Waals surface area contributed by atoms with Crippen LogP contribution in [0.3, 0.4) is 0 Å². The minimum Gasteiger partial charge on any atom is -0.333 e. The molecule has 0 spiro atoms. The Labute approximate surface area is 57.4 Å². The topological polar surface area (TPSA) is 53.8 Å². The molecule has 0 atom stereocenters. The molecule has 4 nitrogen and oxygen atoms in total. The zero-order valence-corrected chi connectivity index (χ0v) is 5.16. The van der Waals surface area contributed by atoms with E-state index in [1.165, 1.54) is 6.20 Å². The summed E-state index contributed by atoms with van der Waals surface area (Å²) in [6, 6.07) is 0. The Balaban J connectivity index is 2.46. The van der Waals surface area contributed by atoms with Gasteiger partial charge in [-0.05, 0) is 0 Å². The Hall–Kier alpha value is -1.45. The molecule has 0 saturated heterocycles. The molecule has 1 amide bonds. The second kappa shape index (κ2) is 1.76. The van der Waals surface area contributed by atoms with Crippen molar-refractivity contribution in [3.8, 4) is 0 Å². The van der Waals surface area contributed by atoms with Gasteiger partial charge in [-0.25, -0.2) is 0 Å². The second-order valence-electron chi connectivity index (χ2n) is 2.03. The van der Waals surface area contributed by atoms with Crippen molar-refractivity contribution in [3.63, 3.8) is 0 Å². The highest BCUT2D eigenvalue weighted by atomic mass is 16.1. The molecule has 2 rings (SSSR count). The summed E-state index contributed by atoms with van der Waals surface area (Å²) >= 11 is 0. The van der Waals surface area contributed by atoms with E-state index in [9.17, 15) is 4.79 Å². The molecule has 2 aliphatic heterocycles. The summed E-state index contributed by atoms with van der Waals surface area (Å²) in [6.45, 7) is 0.373. The fraction of sp³-hybridized carbons (Fsp3) is 0.167. The number of amides is 1. The van der Waals surface area contributed by atoms with Gasteiger partial charge >= 0.3 is 0 Å². The Morgan fingerprint density at radius 1 is 1.60 bits per heavy atom. The van der Waals surface area contributed by atoms with Gasteiger partial charge in [-0.2, -0.15) is 0 Å². The van der Waals surface area contributed by atoms with Crippen LogP contribution in [-0.2, 0) is 4.79 Å². The van der Waals surface area contributed by atoms with E-state index in [4.69, 9.17) is 0 Å². The zero-order valence-electron chi connectivity index (χ0n) is 5.16. The van der Waals surface area contributed by atoms with Gasteiger partial charge in [0.15, 0.2) is 0 Å². The van der Waals surface area contributed by atoms with Gasteiger partial charge in [0.2, 0.25) is 0 Å². The Morgan fingerprint density at radius 3 is 3.30 bits per heavy atom. The Morgan fingerprint density at radius 2 is 2.50 bits per heavy atom. The fourth-order valence-electron chi connectivity index (χ4n) is 0.911. The minimum atomic E-state index is -0.0810. The SMILES string of the molecule is O=C1NCN=C2C=NC=C12. The number of rotatable bonds is 0. The van der Waals surface area contributed by atoms with Crippen molar-refractivity contribution in [1.29, 1.82) is 0 Å². The van der Waals surface area contributed by atoms with Gasteiger partial charge in [0.05, 0.1) is 17.5 Å². The maximum atomic E-state index is 10.9. The van der Waals surface area contributed by atoms with Gasteiger partial charge in [0.1, 0.15) is 6.67 Å². The molecule has 0 aromatic carbocycles. The van der Waals surface area contributed by atoms with E-state index in [1.807, 2.05) is 0 Å². The van der Waals surface area contributed by atoms with Crippen LogP contribution in [-0.4, -0.2) is 24.5 Å². The number of carbonyl (C=O) groups excluding carboxylic acids is 1. The molecule has 2 heterocycles. The molecule has 50 valence electrons. The third-order valence-electron chi connectivity index (χ3n) is 1.41. The van der Waals surface area contributed by atoms with Gasteiger partial charge in [-0.3, -0.25) is 14.8 Å². The predicted molar refractivity (Wildman–Crippen MR) is 37.0 cm³/mol. The monoisotopic (exact) mass is 135 g/mol. The lowest BCUT2D eigenvalue weighted by molar-refractivity contribution is -0.117. The zero-order chi connectivity index (χ0) is 6.97. The Bertz CT molecular complexity index is 275. The van der Waals surface area contributed by atoms with E-state index >= 15 is 0 Å². The number of nitrogens with zero attached hydrogens (tertiary/aromatic N) is 2. The summed E-state index contributed by atoms with van der Waals surface area (Å²) in [7, 11) is 0. The summed E-state index contributed by atoms with van der Waals surface area (Å²) in [5, 5.41) is 2.58. The molecule has 0 aliphatic carbocycles. The summed E-state index contributed by atoms with van der Waals surface area (Å²) < 4.78 is 0. The van der Waals surface area contributed by atoms with Crippen LogP contribution in [0.25, 0.3) is 0 Å². The fourth-order valence-corrected chi connectivity index (χ4v) is 0.911. The number of hydrogen-bond acceptors (Lipinski definition) is 3. The lowest BCUT2D eigenvalue weighted by Crippen LogP contribution is -2.33. The van der Waals surface area contributed by atoms with E-state index in [-0.39, 0.29) is 5.91 Å². The first-order valence-corrected chi connectivity index (χ1v) is 2.94. The summed E-state index contributed by atoms with van der Waals surface area (Å²) in [6.07, 6.45) is 3.11. The summed E-state index contributed by atoms with van der Waals surface area (Å²) in [4.78, 5) is 18.7. The molecule has 1 N–H and O–H groups in total. The number of aliphatic imine (C=N–C) groups is 2. The molecular weight excluding hydrogens is 130 g/mol. The highest BCUT2D eigenvalue weighted by Gasteiger charge is 2.20. The lowest BCUT2D eigenvalue weighted by Gasteiger charge is -2.08. The van der Waals surface area contributed by atoms with Crippen molar-refractivity contribution < 1.29 is 4.79 Å². The lowest BCUT2D eigenvalue weighted by atomic mass is 10.2. The van der Waals surface area contributed by atoms with Crippen molar-refractivity contribution in [2.45, 2.75) is 0 Å². The van der Waals surface area contributed by atoms with Crippen LogP contribution in [0.1, 0.15) is 0 Å². The van der Waals surface area contributed by atoms with Crippen LogP contribution >= 0.6 is 0 Å². The average molecular weight is 135 g/mol. The smallest absolute Gasteiger partial charge is 0.256 e. The second-order valence-corrected chi connectivity index (χ2v) is 2.03. The molecule has 2 aliphatic rings.